The molecular weight excluding hydrogens is 230 g/mol. The number of rotatable bonds is 6. The highest BCUT2D eigenvalue weighted by Gasteiger charge is 2.17. The first-order valence-corrected chi connectivity index (χ1v) is 6.66. The fraction of sp³-hybridized carbons (Fsp3) is 0.714. The predicted octanol–water partition coefficient (Wildman–Crippen LogP) is 2.39. The van der Waals surface area contributed by atoms with E-state index in [1.807, 2.05) is 0 Å². The Balaban J connectivity index is 1.83. The molecule has 1 aromatic rings. The third-order valence-corrected chi connectivity index (χ3v) is 3.09. The van der Waals surface area contributed by atoms with Gasteiger partial charge in [0.25, 0.3) is 0 Å². The lowest BCUT2D eigenvalue weighted by molar-refractivity contribution is 0.0230. The standard InChI is InChI=1S/C14H23NO3/c1-10(2)15-7-14-11(3)6-13(18-14)9-17-12-4-5-16-8-12/h6,10,12,15H,4-5,7-9H2,1-3H3. The van der Waals surface area contributed by atoms with Crippen LogP contribution in [0.2, 0.25) is 0 Å². The minimum Gasteiger partial charge on any atom is -0.462 e. The van der Waals surface area contributed by atoms with E-state index in [4.69, 9.17) is 13.9 Å². The van der Waals surface area contributed by atoms with E-state index in [1.165, 1.54) is 5.56 Å². The average Bonchev–Trinajstić information content (AvgIpc) is 2.93. The Labute approximate surface area is 109 Å². The molecule has 4 heteroatoms. The van der Waals surface area contributed by atoms with Crippen LogP contribution in [0.4, 0.5) is 0 Å². The molecule has 1 fully saturated rings. The van der Waals surface area contributed by atoms with Gasteiger partial charge in [0.05, 0.1) is 19.3 Å². The lowest BCUT2D eigenvalue weighted by atomic mass is 10.2. The maximum atomic E-state index is 5.80. The van der Waals surface area contributed by atoms with E-state index in [0.29, 0.717) is 19.3 Å². The quantitative estimate of drug-likeness (QED) is 0.845. The zero-order chi connectivity index (χ0) is 13.0. The highest BCUT2D eigenvalue weighted by atomic mass is 16.5. The van der Waals surface area contributed by atoms with Gasteiger partial charge in [-0.3, -0.25) is 0 Å². The van der Waals surface area contributed by atoms with Gasteiger partial charge in [-0.05, 0) is 25.0 Å². The van der Waals surface area contributed by atoms with Crippen molar-refractivity contribution in [1.82, 2.24) is 5.32 Å². The minimum absolute atomic E-state index is 0.229. The number of hydrogen-bond donors (Lipinski definition) is 1. The highest BCUT2D eigenvalue weighted by molar-refractivity contribution is 5.19. The smallest absolute Gasteiger partial charge is 0.130 e. The van der Waals surface area contributed by atoms with Gasteiger partial charge in [-0.1, -0.05) is 13.8 Å². The highest BCUT2D eigenvalue weighted by Crippen LogP contribution is 2.17. The molecule has 0 amide bonds. The Morgan fingerprint density at radius 1 is 1.50 bits per heavy atom. The molecule has 1 N–H and O–H groups in total. The number of aryl methyl sites for hydroxylation is 1. The second-order valence-corrected chi connectivity index (χ2v) is 5.15. The molecule has 0 aromatic carbocycles. The molecule has 2 rings (SSSR count). The number of ether oxygens (including phenoxy) is 2. The summed E-state index contributed by atoms with van der Waals surface area (Å²) in [5, 5.41) is 3.36. The van der Waals surface area contributed by atoms with Gasteiger partial charge in [0.2, 0.25) is 0 Å². The molecule has 2 heterocycles. The van der Waals surface area contributed by atoms with Gasteiger partial charge < -0.3 is 19.2 Å². The fourth-order valence-corrected chi connectivity index (χ4v) is 1.98. The van der Waals surface area contributed by atoms with E-state index in [-0.39, 0.29) is 6.10 Å². The van der Waals surface area contributed by atoms with E-state index < -0.39 is 0 Å². The second kappa shape index (κ2) is 6.36. The SMILES string of the molecule is Cc1cc(COC2CCOC2)oc1CNC(C)C. The predicted molar refractivity (Wildman–Crippen MR) is 69.4 cm³/mol. The molecule has 18 heavy (non-hydrogen) atoms. The van der Waals surface area contributed by atoms with E-state index in [2.05, 4.69) is 32.2 Å². The number of hydrogen-bond acceptors (Lipinski definition) is 4. The molecule has 102 valence electrons. The Morgan fingerprint density at radius 2 is 2.33 bits per heavy atom. The summed E-state index contributed by atoms with van der Waals surface area (Å²) < 4.78 is 16.8. The molecule has 4 nitrogen and oxygen atoms in total. The van der Waals surface area contributed by atoms with Gasteiger partial charge in [0.15, 0.2) is 0 Å². The lowest BCUT2D eigenvalue weighted by Crippen LogP contribution is -2.21. The maximum absolute atomic E-state index is 5.80. The Kier molecular flexibility index (Phi) is 4.80. The van der Waals surface area contributed by atoms with Gasteiger partial charge in [-0.2, -0.15) is 0 Å². The molecular formula is C14H23NO3. The van der Waals surface area contributed by atoms with Crippen LogP contribution in [0.3, 0.4) is 0 Å². The first-order chi connectivity index (χ1) is 8.65. The topological polar surface area (TPSA) is 43.6 Å². The van der Waals surface area contributed by atoms with Crippen LogP contribution >= 0.6 is 0 Å². The largest absolute Gasteiger partial charge is 0.462 e. The van der Waals surface area contributed by atoms with Crippen LogP contribution in [0.5, 0.6) is 0 Å². The fourth-order valence-electron chi connectivity index (χ4n) is 1.98. The van der Waals surface area contributed by atoms with Crippen molar-refractivity contribution in [3.63, 3.8) is 0 Å². The van der Waals surface area contributed by atoms with Crippen molar-refractivity contribution < 1.29 is 13.9 Å². The van der Waals surface area contributed by atoms with Crippen LogP contribution < -0.4 is 5.32 Å². The summed E-state index contributed by atoms with van der Waals surface area (Å²) in [6, 6.07) is 2.53. The maximum Gasteiger partial charge on any atom is 0.130 e. The molecule has 0 saturated carbocycles. The monoisotopic (exact) mass is 253 g/mol. The molecule has 1 aliphatic rings. The Bertz CT molecular complexity index is 367. The van der Waals surface area contributed by atoms with Gasteiger partial charge >= 0.3 is 0 Å². The summed E-state index contributed by atoms with van der Waals surface area (Å²) in [6.07, 6.45) is 1.22. The summed E-state index contributed by atoms with van der Waals surface area (Å²) in [6.45, 7) is 9.16. The van der Waals surface area contributed by atoms with Crippen molar-refractivity contribution in [2.24, 2.45) is 0 Å². The summed E-state index contributed by atoms with van der Waals surface area (Å²) in [5.41, 5.74) is 1.18. The first kappa shape index (κ1) is 13.6. The number of nitrogens with one attached hydrogen (secondary N) is 1. The van der Waals surface area contributed by atoms with Crippen molar-refractivity contribution in [2.45, 2.75) is 52.5 Å². The third kappa shape index (κ3) is 3.83. The second-order valence-electron chi connectivity index (χ2n) is 5.15. The Hall–Kier alpha value is -0.840. The van der Waals surface area contributed by atoms with Gasteiger partial charge in [0.1, 0.15) is 18.1 Å². The Morgan fingerprint density at radius 3 is 3.00 bits per heavy atom. The first-order valence-electron chi connectivity index (χ1n) is 6.66. The van der Waals surface area contributed by atoms with Crippen molar-refractivity contribution in [2.75, 3.05) is 13.2 Å². The summed E-state index contributed by atoms with van der Waals surface area (Å²) in [5.74, 6) is 1.91. The lowest BCUT2D eigenvalue weighted by Gasteiger charge is -2.08. The van der Waals surface area contributed by atoms with Crippen molar-refractivity contribution >= 4 is 0 Å². The zero-order valence-electron chi connectivity index (χ0n) is 11.5. The van der Waals surface area contributed by atoms with Crippen LogP contribution in [-0.4, -0.2) is 25.4 Å². The van der Waals surface area contributed by atoms with E-state index >= 15 is 0 Å². The third-order valence-electron chi connectivity index (χ3n) is 3.09. The van der Waals surface area contributed by atoms with Crippen molar-refractivity contribution in [1.29, 1.82) is 0 Å². The molecule has 0 aliphatic carbocycles. The van der Waals surface area contributed by atoms with Crippen molar-refractivity contribution in [3.8, 4) is 0 Å². The van der Waals surface area contributed by atoms with E-state index in [1.54, 1.807) is 0 Å². The molecule has 1 atom stereocenters. The molecule has 0 spiro atoms. The summed E-state index contributed by atoms with van der Waals surface area (Å²) in [7, 11) is 0. The van der Waals surface area contributed by atoms with E-state index in [9.17, 15) is 0 Å². The number of furan rings is 1. The van der Waals surface area contributed by atoms with Gasteiger partial charge in [0, 0.05) is 12.6 Å². The van der Waals surface area contributed by atoms with E-state index in [0.717, 1.165) is 31.1 Å². The van der Waals surface area contributed by atoms with Crippen LogP contribution in [0.25, 0.3) is 0 Å². The minimum atomic E-state index is 0.229. The van der Waals surface area contributed by atoms with Crippen molar-refractivity contribution in [3.05, 3.63) is 23.2 Å². The van der Waals surface area contributed by atoms with Crippen LogP contribution in [-0.2, 0) is 22.6 Å². The molecule has 0 radical (unpaired) electrons. The van der Waals surface area contributed by atoms with Crippen LogP contribution in [0.15, 0.2) is 10.5 Å². The van der Waals surface area contributed by atoms with Gasteiger partial charge in [-0.15, -0.1) is 0 Å². The molecule has 1 unspecified atom stereocenters. The van der Waals surface area contributed by atoms with Gasteiger partial charge in [-0.25, -0.2) is 0 Å². The zero-order valence-corrected chi connectivity index (χ0v) is 11.5. The molecule has 1 saturated heterocycles. The molecule has 0 bridgehead atoms. The van der Waals surface area contributed by atoms with Crippen LogP contribution in [0, 0.1) is 6.92 Å². The summed E-state index contributed by atoms with van der Waals surface area (Å²) >= 11 is 0. The van der Waals surface area contributed by atoms with Crippen LogP contribution in [0.1, 0.15) is 37.4 Å². The summed E-state index contributed by atoms with van der Waals surface area (Å²) in [4.78, 5) is 0. The average molecular weight is 253 g/mol. The normalized spacial score (nSPS) is 19.9. The molecule has 1 aromatic heterocycles. The molecule has 1 aliphatic heterocycles.